The van der Waals surface area contributed by atoms with Gasteiger partial charge in [0, 0.05) is 0 Å². The number of rotatable bonds is 9. The first-order chi connectivity index (χ1) is 39.1. The predicted molar refractivity (Wildman–Crippen MR) is 332 cm³/mol. The van der Waals surface area contributed by atoms with Crippen molar-refractivity contribution in [3.05, 3.63) is 338 Å². The highest BCUT2D eigenvalue weighted by molar-refractivity contribution is 6.01. The van der Waals surface area contributed by atoms with Gasteiger partial charge in [0.15, 0.2) is 0 Å². The fourth-order valence-electron chi connectivity index (χ4n) is 13.0. The lowest BCUT2D eigenvalue weighted by Gasteiger charge is -2.30. The van der Waals surface area contributed by atoms with Crippen LogP contribution in [0.1, 0.15) is 22.3 Å². The average Bonchev–Trinajstić information content (AvgIpc) is 3.51. The molecule has 0 fully saturated rings. The standard InChI is InChI=1S/C79H52/c1-5-20-53(21-6-1)61-44-62(54-22-7-2-8-23-54)47-65(46-61)57-36-40-59(41-37-57)67-50-68(60-42-38-58(39-43-60)66-48-63(55-24-9-3-10-25-55)45-64(49-66)56-26-11-4-12-27-56)52-69(51-67)70-31-19-35-77-78(70)73-30-15-18-34-76(73)79(77)74-32-16-13-28-71(74)72-29-14-17-33-75(72)79/h1-52H. The minimum Gasteiger partial charge on any atom is -0.0622 e. The Hall–Kier alpha value is -10.1. The maximum absolute atomic E-state index is 2.43. The second-order valence-electron chi connectivity index (χ2n) is 21.1. The van der Waals surface area contributed by atoms with Crippen LogP contribution in [0.25, 0.3) is 122 Å². The molecule has 0 amide bonds. The Labute approximate surface area is 462 Å². The molecular formula is C79H52. The third kappa shape index (κ3) is 7.91. The Kier molecular flexibility index (Phi) is 11.2. The molecule has 0 heteroatoms. The van der Waals surface area contributed by atoms with Gasteiger partial charge < -0.3 is 0 Å². The summed E-state index contributed by atoms with van der Waals surface area (Å²) in [6, 6.07) is 117. The van der Waals surface area contributed by atoms with E-state index in [0.717, 1.165) is 0 Å². The molecule has 0 bridgehead atoms. The summed E-state index contributed by atoms with van der Waals surface area (Å²) < 4.78 is 0. The predicted octanol–water partition coefficient (Wildman–Crippen LogP) is 21.0. The third-order valence-corrected chi connectivity index (χ3v) is 16.7. The molecule has 0 atom stereocenters. The first kappa shape index (κ1) is 46.2. The van der Waals surface area contributed by atoms with Crippen molar-refractivity contribution in [3.8, 4) is 122 Å². The zero-order valence-electron chi connectivity index (χ0n) is 43.5. The Bertz CT molecular complexity index is 4070. The van der Waals surface area contributed by atoms with Gasteiger partial charge in [0.05, 0.1) is 5.41 Å². The van der Waals surface area contributed by atoms with Gasteiger partial charge in [-0.05, 0) is 199 Å². The molecule has 0 heterocycles. The smallest absolute Gasteiger partial charge is 0.0622 e. The van der Waals surface area contributed by atoms with Crippen molar-refractivity contribution in [1.29, 1.82) is 0 Å². The zero-order chi connectivity index (χ0) is 52.3. The topological polar surface area (TPSA) is 0 Å². The van der Waals surface area contributed by atoms with Gasteiger partial charge in [-0.2, -0.15) is 0 Å². The molecule has 0 aromatic heterocycles. The second kappa shape index (κ2) is 19.2. The van der Waals surface area contributed by atoms with Crippen LogP contribution in [-0.2, 0) is 5.41 Å². The molecule has 0 radical (unpaired) electrons. The van der Waals surface area contributed by atoms with Gasteiger partial charge in [-0.15, -0.1) is 0 Å². The van der Waals surface area contributed by atoms with E-state index in [1.165, 1.54) is 145 Å². The van der Waals surface area contributed by atoms with Gasteiger partial charge in [-0.3, -0.25) is 0 Å². The summed E-state index contributed by atoms with van der Waals surface area (Å²) in [5.41, 5.74) is 31.6. The summed E-state index contributed by atoms with van der Waals surface area (Å²) in [4.78, 5) is 0. The highest BCUT2D eigenvalue weighted by Crippen LogP contribution is 2.64. The van der Waals surface area contributed by atoms with Crippen LogP contribution >= 0.6 is 0 Å². The first-order valence-corrected chi connectivity index (χ1v) is 27.5. The van der Waals surface area contributed by atoms with Gasteiger partial charge >= 0.3 is 0 Å². The van der Waals surface area contributed by atoms with Crippen molar-refractivity contribution in [2.45, 2.75) is 5.41 Å². The Morgan fingerprint density at radius 1 is 0.139 bits per heavy atom. The van der Waals surface area contributed by atoms with E-state index < -0.39 is 5.41 Å². The van der Waals surface area contributed by atoms with Gasteiger partial charge in [0.2, 0.25) is 0 Å². The maximum Gasteiger partial charge on any atom is 0.0725 e. The number of hydrogen-bond donors (Lipinski definition) is 0. The maximum atomic E-state index is 2.43. The number of fused-ring (bicyclic) bond motifs is 10. The van der Waals surface area contributed by atoms with E-state index in [0.29, 0.717) is 0 Å². The fraction of sp³-hybridized carbons (Fsp3) is 0.0127. The molecule has 0 aliphatic heterocycles. The first-order valence-electron chi connectivity index (χ1n) is 27.5. The number of hydrogen-bond acceptors (Lipinski definition) is 0. The lowest BCUT2D eigenvalue weighted by Crippen LogP contribution is -2.25. The zero-order valence-corrected chi connectivity index (χ0v) is 43.5. The summed E-state index contributed by atoms with van der Waals surface area (Å²) in [5.74, 6) is 0. The molecule has 79 heavy (non-hydrogen) atoms. The van der Waals surface area contributed by atoms with Crippen LogP contribution in [-0.4, -0.2) is 0 Å². The highest BCUT2D eigenvalue weighted by atomic mass is 14.5. The molecule has 15 rings (SSSR count). The molecule has 0 unspecified atom stereocenters. The van der Waals surface area contributed by atoms with Crippen LogP contribution in [0.3, 0.4) is 0 Å². The summed E-state index contributed by atoms with van der Waals surface area (Å²) in [5, 5.41) is 0. The molecule has 13 aromatic carbocycles. The molecule has 2 aliphatic rings. The summed E-state index contributed by atoms with van der Waals surface area (Å²) in [6.07, 6.45) is 0. The van der Waals surface area contributed by atoms with Crippen LogP contribution in [0.4, 0.5) is 0 Å². The molecule has 368 valence electrons. The van der Waals surface area contributed by atoms with Crippen LogP contribution in [0, 0.1) is 0 Å². The third-order valence-electron chi connectivity index (χ3n) is 16.7. The van der Waals surface area contributed by atoms with Crippen LogP contribution in [0.2, 0.25) is 0 Å². The van der Waals surface area contributed by atoms with Crippen molar-refractivity contribution >= 4 is 0 Å². The van der Waals surface area contributed by atoms with E-state index in [1.54, 1.807) is 0 Å². The molecule has 13 aromatic rings. The van der Waals surface area contributed by atoms with E-state index in [2.05, 4.69) is 315 Å². The largest absolute Gasteiger partial charge is 0.0725 e. The Balaban J connectivity index is 0.887. The van der Waals surface area contributed by atoms with Gasteiger partial charge in [-0.1, -0.05) is 261 Å². The van der Waals surface area contributed by atoms with Crippen molar-refractivity contribution < 1.29 is 0 Å². The molecule has 1 spiro atoms. The average molecular weight is 1000 g/mol. The van der Waals surface area contributed by atoms with E-state index in [-0.39, 0.29) is 0 Å². The quantitative estimate of drug-likeness (QED) is 0.135. The van der Waals surface area contributed by atoms with Crippen LogP contribution in [0.5, 0.6) is 0 Å². The Morgan fingerprint density at radius 2 is 0.367 bits per heavy atom. The molecule has 0 N–H and O–H groups in total. The molecule has 2 aliphatic carbocycles. The van der Waals surface area contributed by atoms with Crippen molar-refractivity contribution in [2.24, 2.45) is 0 Å². The molecule has 0 saturated heterocycles. The van der Waals surface area contributed by atoms with Crippen molar-refractivity contribution in [1.82, 2.24) is 0 Å². The minimum atomic E-state index is -0.433. The number of benzene rings is 13. The summed E-state index contributed by atoms with van der Waals surface area (Å²) >= 11 is 0. The van der Waals surface area contributed by atoms with E-state index in [9.17, 15) is 0 Å². The molecular weight excluding hydrogens is 949 g/mol. The minimum absolute atomic E-state index is 0.433. The normalized spacial score (nSPS) is 12.4. The van der Waals surface area contributed by atoms with Gasteiger partial charge in [0.25, 0.3) is 0 Å². The fourth-order valence-corrected chi connectivity index (χ4v) is 13.0. The Morgan fingerprint density at radius 3 is 0.696 bits per heavy atom. The van der Waals surface area contributed by atoms with Gasteiger partial charge in [-0.25, -0.2) is 0 Å². The van der Waals surface area contributed by atoms with E-state index in [1.807, 2.05) is 0 Å². The SMILES string of the molecule is c1ccc(-c2cc(-c3ccccc3)cc(-c3ccc(-c4cc(-c5ccc(-c6cc(-c7ccccc7)cc(-c7ccccc7)c6)cc5)cc(-c5cccc6c5-c5ccccc5C65c6ccccc6-c6ccccc65)c4)cc3)c2)cc1. The lowest BCUT2D eigenvalue weighted by atomic mass is 9.70. The van der Waals surface area contributed by atoms with E-state index in [4.69, 9.17) is 0 Å². The summed E-state index contributed by atoms with van der Waals surface area (Å²) in [6.45, 7) is 0. The summed E-state index contributed by atoms with van der Waals surface area (Å²) in [7, 11) is 0. The second-order valence-corrected chi connectivity index (χ2v) is 21.1. The molecule has 0 saturated carbocycles. The van der Waals surface area contributed by atoms with E-state index >= 15 is 0 Å². The molecule has 0 nitrogen and oxygen atoms in total. The lowest BCUT2D eigenvalue weighted by molar-refractivity contribution is 0.794. The van der Waals surface area contributed by atoms with Crippen molar-refractivity contribution in [3.63, 3.8) is 0 Å². The van der Waals surface area contributed by atoms with Crippen molar-refractivity contribution in [2.75, 3.05) is 0 Å². The monoisotopic (exact) mass is 1000 g/mol. The van der Waals surface area contributed by atoms with Crippen LogP contribution < -0.4 is 0 Å². The van der Waals surface area contributed by atoms with Crippen LogP contribution in [0.15, 0.2) is 315 Å². The van der Waals surface area contributed by atoms with Gasteiger partial charge in [0.1, 0.15) is 0 Å². The highest BCUT2D eigenvalue weighted by Gasteiger charge is 2.52.